The molecule has 2 N–H and O–H groups in total. The Balaban J connectivity index is 2.31. The van der Waals surface area contributed by atoms with Crippen molar-refractivity contribution in [1.82, 2.24) is 5.16 Å². The van der Waals surface area contributed by atoms with Crippen molar-refractivity contribution < 1.29 is 8.91 Å². The molecule has 3 nitrogen and oxygen atoms in total. The summed E-state index contributed by atoms with van der Waals surface area (Å²) in [6.45, 7) is 0. The molecule has 2 aromatic heterocycles. The standard InChI is InChI=1S/C13H7BrClFN2OS/c14-6-4-5-20-12(6)11-10(13(17)18-19-11)9-7(15)2-1-3-8(9)16/h1-5H,(H2,17,18). The summed E-state index contributed by atoms with van der Waals surface area (Å²) in [5, 5.41) is 5.87. The Morgan fingerprint density at radius 1 is 1.30 bits per heavy atom. The van der Waals surface area contributed by atoms with Crippen molar-refractivity contribution in [3.05, 3.63) is 45.0 Å². The van der Waals surface area contributed by atoms with Crippen LogP contribution >= 0.6 is 38.9 Å². The summed E-state index contributed by atoms with van der Waals surface area (Å²) in [4.78, 5) is 0.781. The molecule has 0 amide bonds. The minimum Gasteiger partial charge on any atom is -0.380 e. The molecule has 0 unspecified atom stereocenters. The Bertz CT molecular complexity index is 766. The maximum absolute atomic E-state index is 14.1. The van der Waals surface area contributed by atoms with Crippen LogP contribution in [0.1, 0.15) is 0 Å². The Labute approximate surface area is 131 Å². The second kappa shape index (κ2) is 5.20. The highest BCUT2D eigenvalue weighted by Crippen LogP contribution is 2.44. The third-order valence-corrected chi connectivity index (χ3v) is 4.91. The lowest BCUT2D eigenvalue weighted by Crippen LogP contribution is -1.92. The Morgan fingerprint density at radius 3 is 2.75 bits per heavy atom. The van der Waals surface area contributed by atoms with E-state index in [1.165, 1.54) is 23.5 Å². The molecule has 0 atom stereocenters. The molecule has 102 valence electrons. The molecule has 0 aliphatic rings. The number of hydrogen-bond acceptors (Lipinski definition) is 4. The first kappa shape index (κ1) is 13.6. The van der Waals surface area contributed by atoms with Crippen molar-refractivity contribution >= 4 is 44.7 Å². The van der Waals surface area contributed by atoms with Crippen molar-refractivity contribution in [1.29, 1.82) is 0 Å². The van der Waals surface area contributed by atoms with Gasteiger partial charge >= 0.3 is 0 Å². The number of aromatic nitrogens is 1. The number of nitrogens with two attached hydrogens (primary N) is 1. The van der Waals surface area contributed by atoms with E-state index in [0.29, 0.717) is 11.3 Å². The number of halogens is 3. The maximum atomic E-state index is 14.1. The SMILES string of the molecule is Nc1noc(-c2sccc2Br)c1-c1c(F)cccc1Cl. The van der Waals surface area contributed by atoms with E-state index >= 15 is 0 Å². The highest BCUT2D eigenvalue weighted by molar-refractivity contribution is 9.10. The molecule has 0 aliphatic carbocycles. The Morgan fingerprint density at radius 2 is 2.10 bits per heavy atom. The van der Waals surface area contributed by atoms with Crippen LogP contribution < -0.4 is 5.73 Å². The van der Waals surface area contributed by atoms with E-state index in [2.05, 4.69) is 21.1 Å². The lowest BCUT2D eigenvalue weighted by atomic mass is 10.0. The molecule has 0 saturated heterocycles. The molecule has 0 bridgehead atoms. The zero-order valence-corrected chi connectivity index (χ0v) is 13.0. The molecule has 3 rings (SSSR count). The largest absolute Gasteiger partial charge is 0.380 e. The van der Waals surface area contributed by atoms with E-state index < -0.39 is 5.82 Å². The van der Waals surface area contributed by atoms with Gasteiger partial charge in [-0.05, 0) is 39.5 Å². The summed E-state index contributed by atoms with van der Waals surface area (Å²) in [7, 11) is 0. The van der Waals surface area contributed by atoms with Gasteiger partial charge in [0.25, 0.3) is 0 Å². The number of anilines is 1. The molecule has 0 saturated carbocycles. The summed E-state index contributed by atoms with van der Waals surface area (Å²) in [5.41, 5.74) is 6.40. The predicted molar refractivity (Wildman–Crippen MR) is 82.3 cm³/mol. The summed E-state index contributed by atoms with van der Waals surface area (Å²) >= 11 is 10.9. The van der Waals surface area contributed by atoms with Gasteiger partial charge in [-0.1, -0.05) is 22.8 Å². The van der Waals surface area contributed by atoms with Gasteiger partial charge in [0.05, 0.1) is 15.5 Å². The second-order valence-electron chi connectivity index (χ2n) is 3.97. The first-order valence-electron chi connectivity index (χ1n) is 5.52. The average Bonchev–Trinajstić information content (AvgIpc) is 2.97. The van der Waals surface area contributed by atoms with Crippen LogP contribution in [0.15, 0.2) is 38.6 Å². The third-order valence-electron chi connectivity index (χ3n) is 2.75. The number of hydrogen-bond donors (Lipinski definition) is 1. The number of nitrogens with zero attached hydrogens (tertiary/aromatic N) is 1. The minimum absolute atomic E-state index is 0.104. The molecule has 0 radical (unpaired) electrons. The van der Waals surface area contributed by atoms with E-state index in [4.69, 9.17) is 21.9 Å². The van der Waals surface area contributed by atoms with Crippen molar-refractivity contribution in [2.75, 3.05) is 5.73 Å². The van der Waals surface area contributed by atoms with Crippen molar-refractivity contribution in [2.24, 2.45) is 0 Å². The second-order valence-corrected chi connectivity index (χ2v) is 6.14. The van der Waals surface area contributed by atoms with Crippen LogP contribution in [0.3, 0.4) is 0 Å². The highest BCUT2D eigenvalue weighted by atomic mass is 79.9. The number of benzene rings is 1. The molecule has 0 aliphatic heterocycles. The van der Waals surface area contributed by atoms with Crippen LogP contribution in [0.5, 0.6) is 0 Å². The molecule has 20 heavy (non-hydrogen) atoms. The first-order chi connectivity index (χ1) is 9.59. The summed E-state index contributed by atoms with van der Waals surface area (Å²) in [6, 6.07) is 6.32. The molecule has 3 aromatic rings. The zero-order chi connectivity index (χ0) is 14.3. The molecular formula is C13H7BrClFN2OS. The van der Waals surface area contributed by atoms with Crippen molar-refractivity contribution in [2.45, 2.75) is 0 Å². The fourth-order valence-corrected chi connectivity index (χ4v) is 3.68. The smallest absolute Gasteiger partial charge is 0.188 e. The minimum atomic E-state index is -0.471. The normalized spacial score (nSPS) is 10.9. The molecule has 0 fully saturated rings. The molecule has 2 heterocycles. The van der Waals surface area contributed by atoms with Gasteiger partial charge in [0.1, 0.15) is 5.82 Å². The lowest BCUT2D eigenvalue weighted by Gasteiger charge is -2.05. The van der Waals surface area contributed by atoms with Crippen LogP contribution in [0.4, 0.5) is 10.2 Å². The first-order valence-corrected chi connectivity index (χ1v) is 7.57. The van der Waals surface area contributed by atoms with E-state index in [1.807, 2.05) is 11.4 Å². The van der Waals surface area contributed by atoms with Gasteiger partial charge in [-0.3, -0.25) is 0 Å². The third kappa shape index (κ3) is 2.13. The van der Waals surface area contributed by atoms with Crippen LogP contribution in [0.25, 0.3) is 21.8 Å². The number of nitrogen functional groups attached to an aromatic ring is 1. The Hall–Kier alpha value is -1.37. The zero-order valence-electron chi connectivity index (χ0n) is 9.86. The number of rotatable bonds is 2. The van der Waals surface area contributed by atoms with Crippen molar-refractivity contribution in [3.8, 4) is 21.8 Å². The fraction of sp³-hybridized carbons (Fsp3) is 0. The van der Waals surface area contributed by atoms with Crippen LogP contribution in [0.2, 0.25) is 5.02 Å². The van der Waals surface area contributed by atoms with E-state index in [0.717, 1.165) is 9.35 Å². The monoisotopic (exact) mass is 372 g/mol. The number of thiophene rings is 1. The highest BCUT2D eigenvalue weighted by Gasteiger charge is 2.24. The topological polar surface area (TPSA) is 52.0 Å². The summed E-state index contributed by atoms with van der Waals surface area (Å²) in [5.74, 6) is 0.0324. The van der Waals surface area contributed by atoms with Gasteiger partial charge in [0, 0.05) is 10.0 Å². The fourth-order valence-electron chi connectivity index (χ4n) is 1.89. The van der Waals surface area contributed by atoms with E-state index in [1.54, 1.807) is 6.07 Å². The van der Waals surface area contributed by atoms with Gasteiger partial charge in [-0.25, -0.2) is 4.39 Å². The van der Waals surface area contributed by atoms with Gasteiger partial charge in [0.15, 0.2) is 11.6 Å². The van der Waals surface area contributed by atoms with Gasteiger partial charge in [-0.15, -0.1) is 11.3 Å². The molecule has 7 heteroatoms. The van der Waals surface area contributed by atoms with Gasteiger partial charge < -0.3 is 10.3 Å². The van der Waals surface area contributed by atoms with Crippen molar-refractivity contribution in [3.63, 3.8) is 0 Å². The molecule has 1 aromatic carbocycles. The predicted octanol–water partition coefficient (Wildman–Crippen LogP) is 5.21. The van der Waals surface area contributed by atoms with Gasteiger partial charge in [0.2, 0.25) is 0 Å². The van der Waals surface area contributed by atoms with E-state index in [-0.39, 0.29) is 16.4 Å². The summed E-state index contributed by atoms with van der Waals surface area (Å²) < 4.78 is 20.2. The van der Waals surface area contributed by atoms with Crippen LogP contribution in [-0.2, 0) is 0 Å². The van der Waals surface area contributed by atoms with Crippen LogP contribution in [0, 0.1) is 5.82 Å². The average molecular weight is 374 g/mol. The quantitative estimate of drug-likeness (QED) is 0.671. The Kier molecular flexibility index (Phi) is 3.54. The molecular weight excluding hydrogens is 367 g/mol. The lowest BCUT2D eigenvalue weighted by molar-refractivity contribution is 0.436. The molecule has 0 spiro atoms. The van der Waals surface area contributed by atoms with Gasteiger partial charge in [-0.2, -0.15) is 0 Å². The summed E-state index contributed by atoms with van der Waals surface area (Å²) in [6.07, 6.45) is 0. The maximum Gasteiger partial charge on any atom is 0.188 e. The van der Waals surface area contributed by atoms with Crippen LogP contribution in [-0.4, -0.2) is 5.16 Å². The van der Waals surface area contributed by atoms with E-state index in [9.17, 15) is 4.39 Å².